The van der Waals surface area contributed by atoms with Crippen molar-refractivity contribution < 1.29 is 113 Å². The van der Waals surface area contributed by atoms with E-state index in [1.165, 1.54) is 41.0 Å². The quantitative estimate of drug-likeness (QED) is 0.0398. The summed E-state index contributed by atoms with van der Waals surface area (Å²) in [6.07, 6.45) is -2.04. The molecule has 28 nitrogen and oxygen atoms in total. The number of halogens is 6. The second-order valence-electron chi connectivity index (χ2n) is 35.6. The fraction of sp³-hybridized carbons (Fsp3) is 0.400. The van der Waals surface area contributed by atoms with Crippen LogP contribution in [0.3, 0.4) is 0 Å². The maximum absolute atomic E-state index is 13.9. The van der Waals surface area contributed by atoms with Crippen molar-refractivity contribution in [2.24, 2.45) is 47.3 Å². The van der Waals surface area contributed by atoms with Gasteiger partial charge < -0.3 is 57.5 Å². The molecule has 0 spiro atoms. The van der Waals surface area contributed by atoms with Crippen molar-refractivity contribution in [3.8, 4) is 23.0 Å². The summed E-state index contributed by atoms with van der Waals surface area (Å²) in [5.74, 6) is -7.55. The third-order valence-electron chi connectivity index (χ3n) is 28.5. The second kappa shape index (κ2) is 35.1. The fourth-order valence-electron chi connectivity index (χ4n) is 22.4. The summed E-state index contributed by atoms with van der Waals surface area (Å²) in [6.45, 7) is 22.7. The Morgan fingerprint density at radius 3 is 0.985 bits per heavy atom. The van der Waals surface area contributed by atoms with Gasteiger partial charge in [0.1, 0.15) is 51.0 Å². The van der Waals surface area contributed by atoms with Gasteiger partial charge >= 0.3 is 54.2 Å². The van der Waals surface area contributed by atoms with Crippen molar-refractivity contribution in [1.82, 2.24) is 19.6 Å². The number of benzene rings is 8. The van der Waals surface area contributed by atoms with E-state index in [0.29, 0.717) is 50.0 Å². The van der Waals surface area contributed by atoms with Gasteiger partial charge in [0.05, 0.1) is 129 Å². The highest BCUT2D eigenvalue weighted by Crippen LogP contribution is 2.64. The van der Waals surface area contributed by atoms with Crippen LogP contribution in [0.4, 0.5) is 59.5 Å². The van der Waals surface area contributed by atoms with Crippen molar-refractivity contribution in [2.75, 3.05) is 72.5 Å². The molecule has 0 saturated carbocycles. The molecule has 0 aliphatic carbocycles. The Morgan fingerprint density at radius 1 is 0.366 bits per heavy atom. The molecule has 8 aromatic rings. The molecule has 8 aromatic carbocycles. The number of imide groups is 4. The number of rotatable bonds is 15. The maximum atomic E-state index is 13.9. The Kier molecular flexibility index (Phi) is 24.3. The molecule has 0 bridgehead atoms. The van der Waals surface area contributed by atoms with Crippen molar-refractivity contribution in [3.63, 3.8) is 0 Å². The van der Waals surface area contributed by atoms with Crippen LogP contribution in [-0.4, -0.2) is 166 Å². The van der Waals surface area contributed by atoms with E-state index in [1.807, 2.05) is 80.6 Å². The number of alkyl halides is 3. The number of nitrogens with zero attached hydrogens (tertiary/aromatic N) is 8. The van der Waals surface area contributed by atoms with Gasteiger partial charge in [0, 0.05) is 56.0 Å². The largest absolute Gasteiger partial charge is 0.493 e. The average Bonchev–Trinajstić information content (AvgIpc) is 1.54. The van der Waals surface area contributed by atoms with E-state index in [9.17, 15) is 75.1 Å². The maximum Gasteiger partial charge on any atom is 0.416 e. The Bertz CT molecular complexity index is 5990. The molecule has 16 atom stereocenters. The molecule has 0 N–H and O–H groups in total. The number of urea groups is 4. The topological polar surface area (TPSA) is 305 Å². The molecule has 8 saturated heterocycles. The summed E-state index contributed by atoms with van der Waals surface area (Å²) in [5, 5.41) is 0.910. The van der Waals surface area contributed by atoms with E-state index in [1.54, 1.807) is 113 Å². The first-order chi connectivity index (χ1) is 64.0. The van der Waals surface area contributed by atoms with Crippen molar-refractivity contribution in [2.45, 2.75) is 155 Å². The van der Waals surface area contributed by atoms with Crippen LogP contribution < -0.4 is 38.5 Å². The standard InChI is InChI=1S/2C25H25ClN2O5.C25H23F3N2O5.C25H25FN2O5/c1-4-14-6-11-17-19(12-14)33-13-18-20(22(29)32-5-2)25(3)23(30)27(24(31)28(25)21(17)18)16-9-7-15(26)8-10-16;1-4-14-9-10-17-19(11-14)33-13-18-20(22(29)32-5-2)25(3)23(30)27(24(31)28(25)21(17)18)16-8-6-7-15(26)12-16;1-4-34-21(31)19-17-12-35-18-10-5-13(2)11-16(18)20(17)30-23(33)29(22(32)24(19,30)3)15-8-6-14(7-9-15)25(26,27)28;1-4-14-6-11-17-19(12-14)33-13-18-20(22(29)32-5-2)25(3)23(30)27(24(31)28(25)21(17)18)16-9-7-15(26)8-10-16/h2*6-12,18,20-21H,4-5,13H2,1-3H3;5-11,17,19-20H,4,12H2,1-3H3;6-12,18,20-21H,4-5,13H2,1-3H3/t2*18-,20+,21+,25-;17-,19+,20+,24+;18-,20+,21+,25+/m1111/s1. The second-order valence-corrected chi connectivity index (χ2v) is 36.4. The lowest BCUT2D eigenvalue weighted by Crippen LogP contribution is -2.51. The molecular weight excluding hydrogens is 1780 g/mol. The number of fused-ring (bicyclic) bond motifs is 20. The zero-order chi connectivity index (χ0) is 95.8. The molecule has 20 rings (SSSR count). The fourth-order valence-corrected chi connectivity index (χ4v) is 22.7. The number of carbonyl (C=O) groups excluding carboxylic acids is 12. The van der Waals surface area contributed by atoms with Gasteiger partial charge in [-0.05, 0) is 214 Å². The molecule has 700 valence electrons. The van der Waals surface area contributed by atoms with Crippen LogP contribution in [0.2, 0.25) is 10.0 Å². The summed E-state index contributed by atoms with van der Waals surface area (Å²) < 4.78 is 98.2. The molecule has 12 aliphatic heterocycles. The minimum absolute atomic E-state index is 0.000640. The van der Waals surface area contributed by atoms with Crippen LogP contribution in [-0.2, 0) is 82.7 Å². The summed E-state index contributed by atoms with van der Waals surface area (Å²) >= 11 is 12.2. The van der Waals surface area contributed by atoms with Crippen LogP contribution in [0, 0.1) is 60.1 Å². The minimum atomic E-state index is -4.56. The van der Waals surface area contributed by atoms with Crippen LogP contribution in [0.25, 0.3) is 0 Å². The molecule has 34 heteroatoms. The zero-order valence-corrected chi connectivity index (χ0v) is 76.9. The Balaban J connectivity index is 0.000000124. The van der Waals surface area contributed by atoms with Gasteiger partial charge in [-0.3, -0.25) is 38.4 Å². The Morgan fingerprint density at radius 2 is 0.672 bits per heavy atom. The van der Waals surface area contributed by atoms with Gasteiger partial charge in [0.2, 0.25) is 0 Å². The van der Waals surface area contributed by atoms with E-state index in [4.69, 9.17) is 61.1 Å². The van der Waals surface area contributed by atoms with Crippen LogP contribution in [0.15, 0.2) is 170 Å². The van der Waals surface area contributed by atoms with E-state index in [-0.39, 0.29) is 64.2 Å². The molecular formula is C100H98Cl2F4N8O20. The minimum Gasteiger partial charge on any atom is -0.493 e. The van der Waals surface area contributed by atoms with E-state index < -0.39 is 183 Å². The molecule has 0 unspecified atom stereocenters. The third-order valence-corrected chi connectivity index (χ3v) is 29.0. The third kappa shape index (κ3) is 14.4. The smallest absolute Gasteiger partial charge is 0.416 e. The molecule has 0 radical (unpaired) electrons. The molecule has 134 heavy (non-hydrogen) atoms. The summed E-state index contributed by atoms with van der Waals surface area (Å²) in [6, 6.07) is 41.0. The van der Waals surface area contributed by atoms with Gasteiger partial charge in [-0.15, -0.1) is 0 Å². The average molecular weight is 1880 g/mol. The molecule has 8 fully saturated rings. The first-order valence-electron chi connectivity index (χ1n) is 44.8. The van der Waals surface area contributed by atoms with Gasteiger partial charge in [0.25, 0.3) is 23.6 Å². The van der Waals surface area contributed by atoms with Crippen molar-refractivity contribution in [1.29, 1.82) is 0 Å². The number of anilines is 4. The lowest BCUT2D eigenvalue weighted by molar-refractivity contribution is -0.155. The van der Waals surface area contributed by atoms with Crippen molar-refractivity contribution >= 4 is 118 Å². The first kappa shape index (κ1) is 92.7. The number of hydrogen-bond donors (Lipinski definition) is 0. The molecule has 12 heterocycles. The van der Waals surface area contributed by atoms with Gasteiger partial charge in [-0.25, -0.2) is 43.2 Å². The number of esters is 4. The number of aryl methyl sites for hydroxylation is 4. The highest BCUT2D eigenvalue weighted by molar-refractivity contribution is 6.32. The van der Waals surface area contributed by atoms with Gasteiger partial charge in [-0.2, -0.15) is 13.2 Å². The predicted octanol–water partition coefficient (Wildman–Crippen LogP) is 17.1. The highest BCUT2D eigenvalue weighted by atomic mass is 35.5. The monoisotopic (exact) mass is 1880 g/mol. The molecule has 0 aromatic heterocycles. The number of hydrogen-bond acceptors (Lipinski definition) is 20. The van der Waals surface area contributed by atoms with Gasteiger partial charge in [-0.1, -0.05) is 104 Å². The van der Waals surface area contributed by atoms with Gasteiger partial charge in [0.15, 0.2) is 0 Å². The highest BCUT2D eigenvalue weighted by Gasteiger charge is 2.77. The Labute approximate surface area is 779 Å². The SMILES string of the molecule is CCOC(=O)[C@@H]1[C@H]2COc3cc(CC)ccc3[C@@H]2N2C(=O)N(c3ccc(Cl)cc3)C(=O)[C@@]12C.CCOC(=O)[C@@H]1[C@H]2COc3cc(CC)ccc3[C@@H]2N2C(=O)N(c3ccc(F)cc3)C(=O)[C@]12C.CCOC(=O)[C@@H]1[C@H]2COc3cc(CC)ccc3[C@@H]2N2C(=O)N(c3cccc(Cl)c3)C(=O)[C@@]12C.CCOC(=O)[C@@H]1[C@H]2COc3ccc(C)cc3[C@@H]2N2C(=O)N(c3ccc(C(F)(F)F)cc3)C(=O)[C@]12C. The van der Waals surface area contributed by atoms with Crippen LogP contribution in [0.5, 0.6) is 23.0 Å². The number of amides is 12. The summed E-state index contributed by atoms with van der Waals surface area (Å²) in [7, 11) is 0. The predicted molar refractivity (Wildman–Crippen MR) is 479 cm³/mol. The Hall–Kier alpha value is -13.1. The van der Waals surface area contributed by atoms with Crippen LogP contribution >= 0.6 is 23.2 Å². The lowest BCUT2D eigenvalue weighted by Gasteiger charge is -2.34. The normalized spacial score (nSPS) is 27.6. The summed E-state index contributed by atoms with van der Waals surface area (Å²) in [5.41, 5.74) is 1.56. The van der Waals surface area contributed by atoms with E-state index >= 15 is 0 Å². The first-order valence-corrected chi connectivity index (χ1v) is 45.5. The number of carbonyl (C=O) groups is 12. The summed E-state index contributed by atoms with van der Waals surface area (Å²) in [4.78, 5) is 173. The van der Waals surface area contributed by atoms with Crippen molar-refractivity contribution in [3.05, 3.63) is 236 Å². The molecule has 12 aliphatic rings. The van der Waals surface area contributed by atoms with Crippen LogP contribution in [0.1, 0.15) is 150 Å². The zero-order valence-electron chi connectivity index (χ0n) is 75.4. The number of ether oxygens (including phenoxy) is 8. The lowest BCUT2D eigenvalue weighted by atomic mass is 9.77. The van der Waals surface area contributed by atoms with E-state index in [0.717, 1.165) is 102 Å². The van der Waals surface area contributed by atoms with E-state index in [2.05, 4.69) is 13.8 Å². The molecule has 12 amide bonds.